The Labute approximate surface area is 253 Å². The third-order valence-electron chi connectivity index (χ3n) is 6.08. The summed E-state index contributed by atoms with van der Waals surface area (Å²) < 4.78 is 22.3. The van der Waals surface area contributed by atoms with Crippen molar-refractivity contribution in [1.29, 1.82) is 0 Å². The van der Waals surface area contributed by atoms with Gasteiger partial charge in [-0.25, -0.2) is 15.0 Å². The Morgan fingerprint density at radius 3 is 2.67 bits per heavy atom. The van der Waals surface area contributed by atoms with Crippen LogP contribution in [-0.2, 0) is 14.3 Å². The minimum atomic E-state index is -0.794. The number of nitro groups is 1. The number of halogens is 1. The van der Waals surface area contributed by atoms with Crippen molar-refractivity contribution in [1.82, 2.24) is 16.1 Å². The van der Waals surface area contributed by atoms with Gasteiger partial charge in [0.1, 0.15) is 11.5 Å². The summed E-state index contributed by atoms with van der Waals surface area (Å²) in [7, 11) is 1.41. The van der Waals surface area contributed by atoms with Crippen LogP contribution in [0.25, 0.3) is 11.3 Å². The lowest BCUT2D eigenvalue weighted by Crippen LogP contribution is -2.45. The van der Waals surface area contributed by atoms with Gasteiger partial charge in [0.05, 0.1) is 36.5 Å². The van der Waals surface area contributed by atoms with Gasteiger partial charge in [0, 0.05) is 27.9 Å². The number of non-ortho nitro benzene ring substituents is 1. The molecule has 43 heavy (non-hydrogen) atoms. The van der Waals surface area contributed by atoms with E-state index >= 15 is 0 Å². The van der Waals surface area contributed by atoms with Crippen molar-refractivity contribution in [2.45, 2.75) is 19.9 Å². The number of carbonyl (C=O) groups excluding carboxylic acids is 3. The van der Waals surface area contributed by atoms with Gasteiger partial charge in [-0.2, -0.15) is 5.10 Å². The molecule has 1 aliphatic heterocycles. The molecule has 1 atom stereocenters. The molecule has 0 saturated heterocycles. The monoisotopic (exact) mass is 655 g/mol. The van der Waals surface area contributed by atoms with Gasteiger partial charge < -0.3 is 29.3 Å². The summed E-state index contributed by atoms with van der Waals surface area (Å²) in [6, 6.07) is 11.1. The minimum Gasteiger partial charge on any atom is -0.493 e. The second kappa shape index (κ2) is 13.7. The molecule has 3 amide bonds. The molecule has 3 aromatic rings. The number of benzene rings is 2. The van der Waals surface area contributed by atoms with E-state index in [1.165, 1.54) is 25.5 Å². The van der Waals surface area contributed by atoms with Gasteiger partial charge in [0.2, 0.25) is 0 Å². The first-order valence-electron chi connectivity index (χ1n) is 12.7. The number of nitro benzene ring substituents is 1. The van der Waals surface area contributed by atoms with Gasteiger partial charge in [-0.3, -0.25) is 14.9 Å². The molecule has 0 aliphatic carbocycles. The van der Waals surface area contributed by atoms with Crippen LogP contribution in [0.5, 0.6) is 11.5 Å². The molecule has 0 unspecified atom stereocenters. The lowest BCUT2D eigenvalue weighted by Gasteiger charge is -2.28. The number of nitrogens with zero attached hydrogens (tertiary/aromatic N) is 2. The molecule has 3 N–H and O–H groups in total. The van der Waals surface area contributed by atoms with Crippen LogP contribution >= 0.6 is 15.9 Å². The predicted molar refractivity (Wildman–Crippen MR) is 156 cm³/mol. The normalized spacial score (nSPS) is 14.6. The largest absolute Gasteiger partial charge is 0.493 e. The van der Waals surface area contributed by atoms with Crippen LogP contribution in [0, 0.1) is 10.1 Å². The Morgan fingerprint density at radius 1 is 1.19 bits per heavy atom. The number of methoxy groups -OCH3 is 1. The van der Waals surface area contributed by atoms with E-state index in [0.717, 1.165) is 0 Å². The van der Waals surface area contributed by atoms with E-state index in [4.69, 9.17) is 18.6 Å². The first kappa shape index (κ1) is 30.8. The molecule has 0 fully saturated rings. The van der Waals surface area contributed by atoms with Crippen LogP contribution in [0.4, 0.5) is 10.5 Å². The number of nitrogens with one attached hydrogen (secondary N) is 3. The zero-order valence-corrected chi connectivity index (χ0v) is 24.7. The van der Waals surface area contributed by atoms with Crippen LogP contribution in [0.1, 0.15) is 31.2 Å². The molecule has 2 aromatic carbocycles. The minimum absolute atomic E-state index is 0.0619. The first-order valence-corrected chi connectivity index (χ1v) is 13.5. The number of hydrazone groups is 1. The van der Waals surface area contributed by atoms with Gasteiger partial charge in [-0.1, -0.05) is 6.07 Å². The summed E-state index contributed by atoms with van der Waals surface area (Å²) in [5.41, 5.74) is 4.03. The van der Waals surface area contributed by atoms with E-state index in [2.05, 4.69) is 37.1 Å². The highest BCUT2D eigenvalue weighted by Gasteiger charge is 2.32. The molecule has 0 spiro atoms. The standard InChI is InChI=1S/C28H26BrN5O9/c1-4-41-27(36)25-15(2)31-28(37)32-26(25)16-5-9-22(23(11-16)40-3)42-14-24(35)33-30-13-18-7-10-21(43-18)19-8-6-17(34(38)39)12-20(19)29/h5-13,26H,4,14H2,1-3H3,(H,33,35)(H2,31,32,37)/b30-13+/t26-/m0/s1. The molecule has 15 heteroatoms. The highest BCUT2D eigenvalue weighted by atomic mass is 79.9. The topological polar surface area (TPSA) is 184 Å². The third-order valence-corrected chi connectivity index (χ3v) is 6.74. The maximum absolute atomic E-state index is 12.6. The lowest BCUT2D eigenvalue weighted by atomic mass is 9.95. The van der Waals surface area contributed by atoms with Crippen molar-refractivity contribution in [3.8, 4) is 22.8 Å². The van der Waals surface area contributed by atoms with Crippen LogP contribution in [0.3, 0.4) is 0 Å². The van der Waals surface area contributed by atoms with Crippen LogP contribution in [0.2, 0.25) is 0 Å². The predicted octanol–water partition coefficient (Wildman–Crippen LogP) is 4.35. The number of carbonyl (C=O) groups is 3. The maximum Gasteiger partial charge on any atom is 0.338 e. The van der Waals surface area contributed by atoms with Crippen LogP contribution in [-0.4, -0.2) is 49.4 Å². The van der Waals surface area contributed by atoms with Crippen molar-refractivity contribution in [2.75, 3.05) is 20.3 Å². The van der Waals surface area contributed by atoms with Crippen molar-refractivity contribution < 1.29 is 37.9 Å². The summed E-state index contributed by atoms with van der Waals surface area (Å²) in [5, 5.41) is 20.1. The second-order valence-electron chi connectivity index (χ2n) is 8.91. The summed E-state index contributed by atoms with van der Waals surface area (Å²) in [5.74, 6) is 0.143. The quantitative estimate of drug-likeness (QED) is 0.117. The molecule has 1 aromatic heterocycles. The fourth-order valence-electron chi connectivity index (χ4n) is 4.13. The average Bonchev–Trinajstić information content (AvgIpc) is 3.44. The Morgan fingerprint density at radius 2 is 1.98 bits per heavy atom. The first-order chi connectivity index (χ1) is 20.6. The SMILES string of the molecule is CCOC(=O)C1=C(C)NC(=O)N[C@H]1c1ccc(OCC(=O)N/N=C/c2ccc(-c3ccc([N+](=O)[O-])cc3Br)o2)c(OC)c1. The molecule has 0 bridgehead atoms. The van der Waals surface area contributed by atoms with Gasteiger partial charge in [0.15, 0.2) is 18.1 Å². The van der Waals surface area contributed by atoms with Crippen molar-refractivity contribution in [3.63, 3.8) is 0 Å². The smallest absolute Gasteiger partial charge is 0.338 e. The zero-order chi connectivity index (χ0) is 31.1. The van der Waals surface area contributed by atoms with E-state index in [1.54, 1.807) is 50.2 Å². The van der Waals surface area contributed by atoms with Gasteiger partial charge in [-0.05, 0) is 65.7 Å². The Balaban J connectivity index is 1.37. The fourth-order valence-corrected chi connectivity index (χ4v) is 4.70. The van der Waals surface area contributed by atoms with Crippen molar-refractivity contribution >= 4 is 45.7 Å². The molecule has 14 nitrogen and oxygen atoms in total. The zero-order valence-electron chi connectivity index (χ0n) is 23.1. The summed E-state index contributed by atoms with van der Waals surface area (Å²) in [6.45, 7) is 3.06. The number of urea groups is 1. The van der Waals surface area contributed by atoms with Crippen molar-refractivity contribution in [3.05, 3.63) is 85.7 Å². The van der Waals surface area contributed by atoms with Gasteiger partial charge in [-0.15, -0.1) is 0 Å². The number of amides is 3. The summed E-state index contributed by atoms with van der Waals surface area (Å²) >= 11 is 3.30. The van der Waals surface area contributed by atoms with E-state index in [-0.39, 0.29) is 29.4 Å². The van der Waals surface area contributed by atoms with E-state index in [0.29, 0.717) is 32.8 Å². The molecule has 224 valence electrons. The van der Waals surface area contributed by atoms with E-state index in [1.807, 2.05) is 0 Å². The fraction of sp³-hybridized carbons (Fsp3) is 0.214. The highest BCUT2D eigenvalue weighted by Crippen LogP contribution is 2.35. The second-order valence-corrected chi connectivity index (χ2v) is 9.76. The Bertz CT molecular complexity index is 1630. The Hall–Kier alpha value is -5.18. The molecular weight excluding hydrogens is 630 g/mol. The number of rotatable bonds is 11. The van der Waals surface area contributed by atoms with Gasteiger partial charge in [0.25, 0.3) is 11.6 Å². The van der Waals surface area contributed by atoms with Crippen LogP contribution in [0.15, 0.2) is 73.8 Å². The lowest BCUT2D eigenvalue weighted by molar-refractivity contribution is -0.384. The molecule has 1 aliphatic rings. The average molecular weight is 656 g/mol. The number of hydrogen-bond donors (Lipinski definition) is 3. The number of allylic oxidation sites excluding steroid dienone is 1. The van der Waals surface area contributed by atoms with E-state index in [9.17, 15) is 24.5 Å². The molecule has 4 rings (SSSR count). The number of furan rings is 1. The summed E-state index contributed by atoms with van der Waals surface area (Å²) in [4.78, 5) is 47.5. The Kier molecular flexibility index (Phi) is 9.77. The highest BCUT2D eigenvalue weighted by molar-refractivity contribution is 9.10. The maximum atomic E-state index is 12.6. The van der Waals surface area contributed by atoms with Gasteiger partial charge >= 0.3 is 12.0 Å². The van der Waals surface area contributed by atoms with Crippen molar-refractivity contribution in [2.24, 2.45) is 5.10 Å². The van der Waals surface area contributed by atoms with Crippen LogP contribution < -0.4 is 25.5 Å². The molecule has 2 heterocycles. The molecule has 0 radical (unpaired) electrons. The molecule has 0 saturated carbocycles. The summed E-state index contributed by atoms with van der Waals surface area (Å²) in [6.07, 6.45) is 1.29. The number of ether oxygens (including phenoxy) is 3. The molecular formula is C28H26BrN5O9. The third kappa shape index (κ3) is 7.37. The van der Waals surface area contributed by atoms with E-state index < -0.39 is 35.5 Å². The number of hydrogen-bond acceptors (Lipinski definition) is 10. The number of esters is 1.